The van der Waals surface area contributed by atoms with Crippen LogP contribution in [-0.2, 0) is 14.4 Å². The van der Waals surface area contributed by atoms with Gasteiger partial charge in [0.25, 0.3) is 5.91 Å². The van der Waals surface area contributed by atoms with Gasteiger partial charge in [-0.25, -0.2) is 0 Å². The summed E-state index contributed by atoms with van der Waals surface area (Å²) in [6, 6.07) is 5.29. The van der Waals surface area contributed by atoms with Gasteiger partial charge in [0, 0.05) is 23.4 Å². The third-order valence-electron chi connectivity index (χ3n) is 6.39. The molecule has 1 saturated heterocycles. The number of hydrogen-bond acceptors (Lipinski definition) is 5. The fourth-order valence-electron chi connectivity index (χ4n) is 4.52. The number of carbonyl (C=O) groups excluding carboxylic acids is 4. The number of methoxy groups -OCH3 is 1. The molecule has 0 bridgehead atoms. The van der Waals surface area contributed by atoms with Gasteiger partial charge in [0.05, 0.1) is 7.11 Å². The van der Waals surface area contributed by atoms with Crippen molar-refractivity contribution in [3.63, 3.8) is 0 Å². The van der Waals surface area contributed by atoms with Gasteiger partial charge in [-0.05, 0) is 55.7 Å². The molecule has 1 aliphatic rings. The summed E-state index contributed by atoms with van der Waals surface area (Å²) in [6.07, 6.45) is 2.64. The van der Waals surface area contributed by atoms with Crippen LogP contribution in [0.2, 0.25) is 0 Å². The molecule has 4 amide bonds. The Kier molecular flexibility index (Phi) is 8.60. The van der Waals surface area contributed by atoms with E-state index in [2.05, 4.69) is 20.9 Å². The maximum Gasteiger partial charge on any atom is 0.268 e. The van der Waals surface area contributed by atoms with Gasteiger partial charge < -0.3 is 31.4 Å². The number of H-pyrrole nitrogens is 1. The normalized spacial score (nSPS) is 17.7. The standard InChI is InChI=1S/C26H37N5O5/c1-26(2,3)14-20(31-24(34)19-13-16-17(29-19)8-5-9-21(16)36-4)25(35)30-18(22(27)32)11-10-15-7-6-12-28-23(15)33/h5,8-9,13,15,18,20,29H,6-7,10-12,14H2,1-4H3,(H2,27,32)(H,28,33)(H,30,35)(H,31,34)/t15-,18-,20-/m0/s1. The summed E-state index contributed by atoms with van der Waals surface area (Å²) in [5.41, 5.74) is 6.30. The first kappa shape index (κ1) is 27.0. The fraction of sp³-hybridized carbons (Fsp3) is 0.538. The van der Waals surface area contributed by atoms with Crippen LogP contribution in [0, 0.1) is 11.3 Å². The zero-order chi connectivity index (χ0) is 26.5. The first-order chi connectivity index (χ1) is 17.0. The summed E-state index contributed by atoms with van der Waals surface area (Å²) in [6.45, 7) is 6.53. The van der Waals surface area contributed by atoms with Crippen molar-refractivity contribution in [1.82, 2.24) is 20.9 Å². The third kappa shape index (κ3) is 6.99. The smallest absolute Gasteiger partial charge is 0.268 e. The Hall–Kier alpha value is -3.56. The molecule has 0 spiro atoms. The van der Waals surface area contributed by atoms with E-state index in [1.165, 1.54) is 0 Å². The van der Waals surface area contributed by atoms with Crippen LogP contribution in [0.25, 0.3) is 10.9 Å². The molecule has 0 aliphatic carbocycles. The lowest BCUT2D eigenvalue weighted by Crippen LogP contribution is -2.54. The van der Waals surface area contributed by atoms with Crippen LogP contribution in [0.15, 0.2) is 24.3 Å². The van der Waals surface area contributed by atoms with Gasteiger partial charge >= 0.3 is 0 Å². The van der Waals surface area contributed by atoms with Crippen molar-refractivity contribution < 1.29 is 23.9 Å². The van der Waals surface area contributed by atoms with E-state index < -0.39 is 29.8 Å². The summed E-state index contributed by atoms with van der Waals surface area (Å²) in [5, 5.41) is 9.09. The number of aromatic amines is 1. The summed E-state index contributed by atoms with van der Waals surface area (Å²) in [7, 11) is 1.56. The number of benzene rings is 1. The minimum Gasteiger partial charge on any atom is -0.496 e. The lowest BCUT2D eigenvalue weighted by molar-refractivity contribution is -0.129. The molecule has 2 aromatic rings. The average Bonchev–Trinajstić information content (AvgIpc) is 3.25. The highest BCUT2D eigenvalue weighted by atomic mass is 16.5. The number of piperidine rings is 1. The number of amides is 4. The molecule has 10 heteroatoms. The fourth-order valence-corrected chi connectivity index (χ4v) is 4.52. The van der Waals surface area contributed by atoms with E-state index >= 15 is 0 Å². The summed E-state index contributed by atoms with van der Waals surface area (Å²) >= 11 is 0. The zero-order valence-corrected chi connectivity index (χ0v) is 21.4. The van der Waals surface area contributed by atoms with Crippen molar-refractivity contribution >= 4 is 34.5 Å². The largest absolute Gasteiger partial charge is 0.496 e. The van der Waals surface area contributed by atoms with E-state index in [0.29, 0.717) is 25.1 Å². The quantitative estimate of drug-likeness (QED) is 0.338. The minimum absolute atomic E-state index is 0.0383. The van der Waals surface area contributed by atoms with Crippen LogP contribution in [0.1, 0.15) is 63.4 Å². The molecule has 2 heterocycles. The zero-order valence-electron chi connectivity index (χ0n) is 21.4. The molecule has 10 nitrogen and oxygen atoms in total. The van der Waals surface area contributed by atoms with Crippen molar-refractivity contribution in [2.24, 2.45) is 17.1 Å². The molecule has 0 unspecified atom stereocenters. The summed E-state index contributed by atoms with van der Waals surface area (Å²) < 4.78 is 5.36. The maximum absolute atomic E-state index is 13.2. The van der Waals surface area contributed by atoms with Crippen molar-refractivity contribution in [2.45, 2.75) is 65.0 Å². The molecular weight excluding hydrogens is 462 g/mol. The Morgan fingerprint density at radius 2 is 1.94 bits per heavy atom. The number of carbonyl (C=O) groups is 4. The first-order valence-corrected chi connectivity index (χ1v) is 12.3. The number of fused-ring (bicyclic) bond motifs is 1. The van der Waals surface area contributed by atoms with Crippen LogP contribution in [0.5, 0.6) is 5.75 Å². The Morgan fingerprint density at radius 1 is 1.19 bits per heavy atom. The average molecular weight is 500 g/mol. The monoisotopic (exact) mass is 499 g/mol. The van der Waals surface area contributed by atoms with Crippen LogP contribution in [0.4, 0.5) is 0 Å². The molecule has 0 radical (unpaired) electrons. The number of rotatable bonds is 10. The van der Waals surface area contributed by atoms with Gasteiger partial charge in [0.1, 0.15) is 23.5 Å². The number of ether oxygens (including phenoxy) is 1. The summed E-state index contributed by atoms with van der Waals surface area (Å²) in [5.74, 6) is -1.24. The van der Waals surface area contributed by atoms with Gasteiger partial charge in [-0.1, -0.05) is 26.8 Å². The molecule has 1 aliphatic heterocycles. The van der Waals surface area contributed by atoms with E-state index in [1.54, 1.807) is 19.2 Å². The van der Waals surface area contributed by atoms with Crippen LogP contribution in [-0.4, -0.2) is 54.4 Å². The van der Waals surface area contributed by atoms with E-state index in [4.69, 9.17) is 10.5 Å². The molecule has 6 N–H and O–H groups in total. The Labute approximate surface area is 211 Å². The molecule has 3 rings (SSSR count). The van der Waals surface area contributed by atoms with E-state index in [1.807, 2.05) is 32.9 Å². The Balaban J connectivity index is 1.72. The Bertz CT molecular complexity index is 1120. The van der Waals surface area contributed by atoms with Gasteiger partial charge in [0.15, 0.2) is 0 Å². The number of primary amides is 1. The minimum atomic E-state index is -0.941. The van der Waals surface area contributed by atoms with Crippen molar-refractivity contribution in [3.8, 4) is 5.75 Å². The van der Waals surface area contributed by atoms with Crippen LogP contribution >= 0.6 is 0 Å². The highest BCUT2D eigenvalue weighted by molar-refractivity contribution is 6.01. The second-order valence-corrected chi connectivity index (χ2v) is 10.6. The van der Waals surface area contributed by atoms with Crippen molar-refractivity contribution in [1.29, 1.82) is 0 Å². The predicted molar refractivity (Wildman–Crippen MR) is 136 cm³/mol. The van der Waals surface area contributed by atoms with Crippen LogP contribution in [0.3, 0.4) is 0 Å². The molecule has 3 atom stereocenters. The maximum atomic E-state index is 13.2. The van der Waals surface area contributed by atoms with E-state index in [0.717, 1.165) is 23.7 Å². The molecule has 36 heavy (non-hydrogen) atoms. The van der Waals surface area contributed by atoms with Gasteiger partial charge in [-0.2, -0.15) is 0 Å². The Morgan fingerprint density at radius 3 is 2.58 bits per heavy atom. The first-order valence-electron chi connectivity index (χ1n) is 12.3. The van der Waals surface area contributed by atoms with Crippen LogP contribution < -0.4 is 26.4 Å². The number of nitrogens with two attached hydrogens (primary N) is 1. The molecule has 196 valence electrons. The van der Waals surface area contributed by atoms with Gasteiger partial charge in [-0.15, -0.1) is 0 Å². The topological polar surface area (TPSA) is 155 Å². The van der Waals surface area contributed by atoms with Gasteiger partial charge in [-0.3, -0.25) is 19.2 Å². The highest BCUT2D eigenvalue weighted by Gasteiger charge is 2.31. The summed E-state index contributed by atoms with van der Waals surface area (Å²) in [4.78, 5) is 53.6. The molecule has 1 fully saturated rings. The molecule has 1 aromatic heterocycles. The number of aromatic nitrogens is 1. The number of nitrogens with one attached hydrogen (secondary N) is 4. The lowest BCUT2D eigenvalue weighted by Gasteiger charge is -2.28. The second-order valence-electron chi connectivity index (χ2n) is 10.6. The second kappa shape index (κ2) is 11.5. The third-order valence-corrected chi connectivity index (χ3v) is 6.39. The molecule has 0 saturated carbocycles. The number of hydrogen-bond donors (Lipinski definition) is 5. The van der Waals surface area contributed by atoms with Crippen molar-refractivity contribution in [3.05, 3.63) is 30.0 Å². The highest BCUT2D eigenvalue weighted by Crippen LogP contribution is 2.27. The lowest BCUT2D eigenvalue weighted by atomic mass is 9.87. The van der Waals surface area contributed by atoms with E-state index in [9.17, 15) is 19.2 Å². The van der Waals surface area contributed by atoms with Crippen molar-refractivity contribution in [2.75, 3.05) is 13.7 Å². The molecule has 1 aromatic carbocycles. The predicted octanol–water partition coefficient (Wildman–Crippen LogP) is 1.99. The van der Waals surface area contributed by atoms with Gasteiger partial charge in [0.2, 0.25) is 17.7 Å². The SMILES string of the molecule is COc1cccc2[nH]c(C(=O)N[C@@H](CC(C)(C)C)C(=O)N[C@@H](CC[C@@H]3CCCNC3=O)C(N)=O)cc12. The molecular formula is C26H37N5O5. The van der Waals surface area contributed by atoms with E-state index in [-0.39, 0.29) is 29.4 Å².